The van der Waals surface area contributed by atoms with Crippen molar-refractivity contribution in [1.82, 2.24) is 25.5 Å². The van der Waals surface area contributed by atoms with Crippen LogP contribution in [-0.4, -0.2) is 26.1 Å². The Bertz CT molecular complexity index is 647. The molecular formula is C16H21N5O2. The normalized spacial score (nSPS) is 15.0. The van der Waals surface area contributed by atoms with Crippen LogP contribution in [0.3, 0.4) is 0 Å². The van der Waals surface area contributed by atoms with E-state index in [0.29, 0.717) is 23.9 Å². The quantitative estimate of drug-likeness (QED) is 0.880. The summed E-state index contributed by atoms with van der Waals surface area (Å²) < 4.78 is 5.50. The van der Waals surface area contributed by atoms with Gasteiger partial charge < -0.3 is 9.73 Å². The zero-order chi connectivity index (χ0) is 16.1. The van der Waals surface area contributed by atoms with Crippen LogP contribution in [0.1, 0.15) is 50.1 Å². The number of hydrogen-bond acceptors (Lipinski definition) is 6. The SMILES string of the molecule is Cc1cnc(-c2nnc(CNC(=O)CCC3CCCC3)o2)cn1. The number of rotatable bonds is 6. The van der Waals surface area contributed by atoms with Gasteiger partial charge in [-0.1, -0.05) is 25.7 Å². The lowest BCUT2D eigenvalue weighted by atomic mass is 10.0. The maximum Gasteiger partial charge on any atom is 0.267 e. The maximum atomic E-state index is 11.9. The molecule has 1 aliphatic rings. The summed E-state index contributed by atoms with van der Waals surface area (Å²) in [4.78, 5) is 20.2. The Labute approximate surface area is 134 Å². The van der Waals surface area contributed by atoms with Gasteiger partial charge in [0.1, 0.15) is 5.69 Å². The van der Waals surface area contributed by atoms with Crippen LogP contribution >= 0.6 is 0 Å². The van der Waals surface area contributed by atoms with E-state index in [1.54, 1.807) is 12.4 Å². The van der Waals surface area contributed by atoms with Crippen molar-refractivity contribution in [2.24, 2.45) is 5.92 Å². The van der Waals surface area contributed by atoms with Gasteiger partial charge >= 0.3 is 0 Å². The van der Waals surface area contributed by atoms with Crippen molar-refractivity contribution >= 4 is 5.91 Å². The topological polar surface area (TPSA) is 93.8 Å². The predicted molar refractivity (Wildman–Crippen MR) is 83.1 cm³/mol. The van der Waals surface area contributed by atoms with E-state index in [9.17, 15) is 4.79 Å². The fraction of sp³-hybridized carbons (Fsp3) is 0.562. The lowest BCUT2D eigenvalue weighted by Gasteiger charge is -2.07. The van der Waals surface area contributed by atoms with Gasteiger partial charge in [0.25, 0.3) is 5.89 Å². The van der Waals surface area contributed by atoms with Gasteiger partial charge in [0.2, 0.25) is 11.8 Å². The summed E-state index contributed by atoms with van der Waals surface area (Å²) in [6.07, 6.45) is 9.90. The highest BCUT2D eigenvalue weighted by atomic mass is 16.4. The van der Waals surface area contributed by atoms with Gasteiger partial charge in [-0.2, -0.15) is 0 Å². The van der Waals surface area contributed by atoms with Crippen LogP contribution in [0.5, 0.6) is 0 Å². The minimum absolute atomic E-state index is 0.0341. The molecule has 0 atom stereocenters. The van der Waals surface area contributed by atoms with Gasteiger partial charge in [-0.25, -0.2) is 4.98 Å². The third-order valence-electron chi connectivity index (χ3n) is 4.16. The first-order valence-electron chi connectivity index (χ1n) is 8.09. The van der Waals surface area contributed by atoms with E-state index in [-0.39, 0.29) is 12.5 Å². The Balaban J connectivity index is 1.47. The third kappa shape index (κ3) is 4.34. The van der Waals surface area contributed by atoms with Gasteiger partial charge in [-0.3, -0.25) is 9.78 Å². The van der Waals surface area contributed by atoms with Gasteiger partial charge in [-0.15, -0.1) is 10.2 Å². The van der Waals surface area contributed by atoms with E-state index in [4.69, 9.17) is 4.42 Å². The predicted octanol–water partition coefficient (Wildman–Crippen LogP) is 2.42. The van der Waals surface area contributed by atoms with Gasteiger partial charge in [0.05, 0.1) is 18.4 Å². The van der Waals surface area contributed by atoms with Crippen molar-refractivity contribution in [2.75, 3.05) is 0 Å². The lowest BCUT2D eigenvalue weighted by molar-refractivity contribution is -0.121. The van der Waals surface area contributed by atoms with Crippen LogP contribution in [0, 0.1) is 12.8 Å². The third-order valence-corrected chi connectivity index (χ3v) is 4.16. The summed E-state index contributed by atoms with van der Waals surface area (Å²) in [6, 6.07) is 0. The zero-order valence-corrected chi connectivity index (χ0v) is 13.3. The second kappa shape index (κ2) is 7.30. The number of nitrogens with zero attached hydrogens (tertiary/aromatic N) is 4. The lowest BCUT2D eigenvalue weighted by Crippen LogP contribution is -2.23. The largest absolute Gasteiger partial charge is 0.417 e. The highest BCUT2D eigenvalue weighted by molar-refractivity contribution is 5.75. The molecule has 1 saturated carbocycles. The molecule has 1 amide bonds. The molecule has 7 nitrogen and oxygen atoms in total. The number of amides is 1. The van der Waals surface area contributed by atoms with Crippen molar-refractivity contribution in [1.29, 1.82) is 0 Å². The number of carbonyl (C=O) groups excluding carboxylic acids is 1. The summed E-state index contributed by atoms with van der Waals surface area (Å²) in [7, 11) is 0. The molecule has 0 bridgehead atoms. The van der Waals surface area contributed by atoms with Crippen molar-refractivity contribution in [3.8, 4) is 11.6 Å². The smallest absolute Gasteiger partial charge is 0.267 e. The highest BCUT2D eigenvalue weighted by Gasteiger charge is 2.16. The molecule has 0 aromatic carbocycles. The molecule has 2 aromatic heterocycles. The minimum Gasteiger partial charge on any atom is -0.417 e. The van der Waals surface area contributed by atoms with E-state index >= 15 is 0 Å². The molecule has 0 radical (unpaired) electrons. The summed E-state index contributed by atoms with van der Waals surface area (Å²) in [6.45, 7) is 2.10. The molecule has 1 aliphatic carbocycles. The fourth-order valence-corrected chi connectivity index (χ4v) is 2.83. The van der Waals surface area contributed by atoms with Gasteiger partial charge in [0.15, 0.2) is 0 Å². The maximum absolute atomic E-state index is 11.9. The van der Waals surface area contributed by atoms with Gasteiger partial charge in [-0.05, 0) is 19.3 Å². The number of carbonyl (C=O) groups is 1. The zero-order valence-electron chi connectivity index (χ0n) is 13.3. The molecule has 0 saturated heterocycles. The van der Waals surface area contributed by atoms with Crippen LogP contribution in [0.15, 0.2) is 16.8 Å². The molecule has 0 aliphatic heterocycles. The molecular weight excluding hydrogens is 294 g/mol. The van der Waals surface area contributed by atoms with Crippen LogP contribution < -0.4 is 5.32 Å². The van der Waals surface area contributed by atoms with E-state index in [1.807, 2.05) is 6.92 Å². The molecule has 2 heterocycles. The molecule has 2 aromatic rings. The number of aryl methyl sites for hydroxylation is 1. The van der Waals surface area contributed by atoms with Crippen molar-refractivity contribution in [3.63, 3.8) is 0 Å². The van der Waals surface area contributed by atoms with Crippen LogP contribution in [0.4, 0.5) is 0 Å². The molecule has 0 unspecified atom stereocenters. The van der Waals surface area contributed by atoms with Crippen molar-refractivity contribution in [2.45, 2.75) is 52.0 Å². The van der Waals surface area contributed by atoms with E-state index in [0.717, 1.165) is 18.0 Å². The van der Waals surface area contributed by atoms with E-state index < -0.39 is 0 Å². The second-order valence-electron chi connectivity index (χ2n) is 6.01. The number of aromatic nitrogens is 4. The highest BCUT2D eigenvalue weighted by Crippen LogP contribution is 2.28. The summed E-state index contributed by atoms with van der Waals surface area (Å²) in [5, 5.41) is 10.7. The molecule has 1 fully saturated rings. The summed E-state index contributed by atoms with van der Waals surface area (Å²) >= 11 is 0. The average molecular weight is 315 g/mol. The van der Waals surface area contributed by atoms with E-state index in [1.165, 1.54) is 25.7 Å². The monoisotopic (exact) mass is 315 g/mol. The second-order valence-corrected chi connectivity index (χ2v) is 6.01. The molecule has 122 valence electrons. The molecule has 7 heteroatoms. The first kappa shape index (κ1) is 15.6. The molecule has 23 heavy (non-hydrogen) atoms. The first-order chi connectivity index (χ1) is 11.2. The molecule has 3 rings (SSSR count). The fourth-order valence-electron chi connectivity index (χ4n) is 2.83. The Hall–Kier alpha value is -2.31. The first-order valence-corrected chi connectivity index (χ1v) is 8.09. The van der Waals surface area contributed by atoms with E-state index in [2.05, 4.69) is 25.5 Å². The number of nitrogens with one attached hydrogen (secondary N) is 1. The standard InChI is InChI=1S/C16H21N5O2/c1-11-8-18-13(9-17-11)16-21-20-15(23-16)10-19-14(22)7-6-12-4-2-3-5-12/h8-9,12H,2-7,10H2,1H3,(H,19,22). The minimum atomic E-state index is 0.0341. The van der Waals surface area contributed by atoms with Gasteiger partial charge in [0, 0.05) is 12.6 Å². The Morgan fingerprint density at radius 1 is 1.26 bits per heavy atom. The Kier molecular flexibility index (Phi) is 4.95. The van der Waals surface area contributed by atoms with Crippen LogP contribution in [0.25, 0.3) is 11.6 Å². The summed E-state index contributed by atoms with van der Waals surface area (Å²) in [5.41, 5.74) is 1.35. The van der Waals surface area contributed by atoms with Crippen LogP contribution in [-0.2, 0) is 11.3 Å². The average Bonchev–Trinajstić information content (AvgIpc) is 3.23. The van der Waals surface area contributed by atoms with Crippen molar-refractivity contribution in [3.05, 3.63) is 24.0 Å². The van der Waals surface area contributed by atoms with Crippen LogP contribution in [0.2, 0.25) is 0 Å². The van der Waals surface area contributed by atoms with Crippen molar-refractivity contribution < 1.29 is 9.21 Å². The summed E-state index contributed by atoms with van der Waals surface area (Å²) in [5.74, 6) is 1.44. The Morgan fingerprint density at radius 2 is 2.09 bits per heavy atom. The number of hydrogen-bond donors (Lipinski definition) is 1. The molecule has 1 N–H and O–H groups in total. The Morgan fingerprint density at radius 3 is 2.83 bits per heavy atom. The molecule has 0 spiro atoms.